The van der Waals surface area contributed by atoms with Gasteiger partial charge in [-0.3, -0.25) is 9.59 Å². The van der Waals surface area contributed by atoms with E-state index in [-0.39, 0.29) is 17.5 Å². The SMILES string of the molecule is CC(=O)[C@H]1C(=O)c2ccccc2C[C@H]1c1ccccc1. The predicted octanol–water partition coefficient (Wildman–Crippen LogP) is 3.41. The molecule has 1 aliphatic carbocycles. The Labute approximate surface area is 118 Å². The topological polar surface area (TPSA) is 34.1 Å². The molecule has 2 heteroatoms. The van der Waals surface area contributed by atoms with Crippen LogP contribution in [0.5, 0.6) is 0 Å². The Kier molecular flexibility index (Phi) is 3.23. The first-order chi connectivity index (χ1) is 9.68. The third-order valence-corrected chi connectivity index (χ3v) is 4.07. The van der Waals surface area contributed by atoms with Crippen molar-refractivity contribution in [1.29, 1.82) is 0 Å². The van der Waals surface area contributed by atoms with Crippen molar-refractivity contribution in [2.45, 2.75) is 19.3 Å². The molecular weight excluding hydrogens is 248 g/mol. The Bertz CT molecular complexity index is 658. The molecule has 2 atom stereocenters. The molecule has 0 aromatic heterocycles. The largest absolute Gasteiger partial charge is 0.299 e. The average Bonchev–Trinajstić information content (AvgIpc) is 2.47. The molecule has 2 aromatic rings. The van der Waals surface area contributed by atoms with Gasteiger partial charge < -0.3 is 0 Å². The van der Waals surface area contributed by atoms with E-state index in [1.54, 1.807) is 0 Å². The maximum atomic E-state index is 12.6. The number of hydrogen-bond donors (Lipinski definition) is 0. The molecule has 2 nitrogen and oxygen atoms in total. The monoisotopic (exact) mass is 264 g/mol. The highest BCUT2D eigenvalue weighted by molar-refractivity contribution is 6.12. The zero-order valence-corrected chi connectivity index (χ0v) is 11.4. The molecule has 0 bridgehead atoms. The second-order valence-electron chi connectivity index (χ2n) is 5.33. The van der Waals surface area contributed by atoms with Crippen molar-refractivity contribution in [2.75, 3.05) is 0 Å². The molecule has 100 valence electrons. The van der Waals surface area contributed by atoms with E-state index in [2.05, 4.69) is 0 Å². The van der Waals surface area contributed by atoms with Gasteiger partial charge in [0, 0.05) is 11.5 Å². The van der Waals surface area contributed by atoms with Gasteiger partial charge in [0.25, 0.3) is 0 Å². The number of hydrogen-bond acceptors (Lipinski definition) is 2. The fraction of sp³-hybridized carbons (Fsp3) is 0.222. The molecule has 20 heavy (non-hydrogen) atoms. The van der Waals surface area contributed by atoms with Crippen LogP contribution in [0.4, 0.5) is 0 Å². The van der Waals surface area contributed by atoms with Crippen LogP contribution in [0.1, 0.15) is 34.3 Å². The molecular formula is C18H16O2. The third kappa shape index (κ3) is 2.07. The Morgan fingerprint density at radius 2 is 1.65 bits per heavy atom. The van der Waals surface area contributed by atoms with E-state index in [1.165, 1.54) is 6.92 Å². The fourth-order valence-corrected chi connectivity index (χ4v) is 3.12. The molecule has 0 saturated heterocycles. The van der Waals surface area contributed by atoms with Crippen molar-refractivity contribution in [1.82, 2.24) is 0 Å². The number of carbonyl (C=O) groups is 2. The minimum atomic E-state index is -0.549. The summed E-state index contributed by atoms with van der Waals surface area (Å²) < 4.78 is 0. The number of fused-ring (bicyclic) bond motifs is 1. The number of Topliss-reactive ketones (excluding diaryl/α,β-unsaturated/α-hetero) is 2. The highest BCUT2D eigenvalue weighted by atomic mass is 16.1. The summed E-state index contributed by atoms with van der Waals surface area (Å²) in [4.78, 5) is 24.6. The summed E-state index contributed by atoms with van der Waals surface area (Å²) in [6, 6.07) is 17.5. The van der Waals surface area contributed by atoms with Crippen LogP contribution in [-0.2, 0) is 11.2 Å². The van der Waals surface area contributed by atoms with Gasteiger partial charge >= 0.3 is 0 Å². The van der Waals surface area contributed by atoms with Crippen LogP contribution in [0.15, 0.2) is 54.6 Å². The number of carbonyl (C=O) groups excluding carboxylic acids is 2. The van der Waals surface area contributed by atoms with Crippen LogP contribution in [0.3, 0.4) is 0 Å². The minimum absolute atomic E-state index is 0.0341. The molecule has 0 spiro atoms. The molecule has 1 aliphatic rings. The molecule has 0 radical (unpaired) electrons. The van der Waals surface area contributed by atoms with E-state index in [0.717, 1.165) is 17.5 Å². The van der Waals surface area contributed by atoms with Crippen molar-refractivity contribution in [2.24, 2.45) is 5.92 Å². The highest BCUT2D eigenvalue weighted by Crippen LogP contribution is 2.37. The summed E-state index contributed by atoms with van der Waals surface area (Å²) in [7, 11) is 0. The molecule has 0 amide bonds. The number of rotatable bonds is 2. The molecule has 0 aliphatic heterocycles. The smallest absolute Gasteiger partial charge is 0.174 e. The van der Waals surface area contributed by atoms with Gasteiger partial charge in [-0.2, -0.15) is 0 Å². The van der Waals surface area contributed by atoms with Crippen molar-refractivity contribution in [3.8, 4) is 0 Å². The van der Waals surface area contributed by atoms with Gasteiger partial charge in [-0.25, -0.2) is 0 Å². The first-order valence-corrected chi connectivity index (χ1v) is 6.86. The lowest BCUT2D eigenvalue weighted by molar-refractivity contribution is -0.120. The Balaban J connectivity index is 2.11. The van der Waals surface area contributed by atoms with Crippen molar-refractivity contribution >= 4 is 11.6 Å². The third-order valence-electron chi connectivity index (χ3n) is 4.07. The first-order valence-electron chi connectivity index (χ1n) is 6.86. The van der Waals surface area contributed by atoms with E-state index in [9.17, 15) is 9.59 Å². The van der Waals surface area contributed by atoms with Gasteiger partial charge in [0.1, 0.15) is 5.78 Å². The van der Waals surface area contributed by atoms with Crippen LogP contribution < -0.4 is 0 Å². The van der Waals surface area contributed by atoms with Gasteiger partial charge in [0.05, 0.1) is 5.92 Å². The van der Waals surface area contributed by atoms with Crippen LogP contribution in [0.2, 0.25) is 0 Å². The molecule has 0 unspecified atom stereocenters. The van der Waals surface area contributed by atoms with Crippen LogP contribution in [0, 0.1) is 5.92 Å². The lowest BCUT2D eigenvalue weighted by atomic mass is 9.70. The molecule has 3 rings (SSSR count). The van der Waals surface area contributed by atoms with Gasteiger partial charge in [-0.1, -0.05) is 54.6 Å². The van der Waals surface area contributed by atoms with E-state index in [0.29, 0.717) is 5.56 Å². The molecule has 0 N–H and O–H groups in total. The van der Waals surface area contributed by atoms with E-state index in [1.807, 2.05) is 54.6 Å². The van der Waals surface area contributed by atoms with Gasteiger partial charge in [0.2, 0.25) is 0 Å². The quantitative estimate of drug-likeness (QED) is 0.779. The lowest BCUT2D eigenvalue weighted by Gasteiger charge is -2.30. The average molecular weight is 264 g/mol. The Hall–Kier alpha value is -2.22. The minimum Gasteiger partial charge on any atom is -0.299 e. The zero-order valence-electron chi connectivity index (χ0n) is 11.4. The molecule has 0 heterocycles. The van der Waals surface area contributed by atoms with Crippen LogP contribution >= 0.6 is 0 Å². The lowest BCUT2D eigenvalue weighted by Crippen LogP contribution is -2.34. The maximum Gasteiger partial charge on any atom is 0.174 e. The fourth-order valence-electron chi connectivity index (χ4n) is 3.12. The second-order valence-corrected chi connectivity index (χ2v) is 5.33. The summed E-state index contributed by atoms with van der Waals surface area (Å²) in [5.74, 6) is -0.671. The standard InChI is InChI=1S/C18H16O2/c1-12(19)17-16(13-7-3-2-4-8-13)11-14-9-5-6-10-15(14)18(17)20/h2-10,16-17H,11H2,1H3/t16-,17+/m0/s1. The predicted molar refractivity (Wildman–Crippen MR) is 77.8 cm³/mol. The first kappa shape index (κ1) is 12.8. The zero-order chi connectivity index (χ0) is 14.1. The molecule has 0 fully saturated rings. The van der Waals surface area contributed by atoms with E-state index in [4.69, 9.17) is 0 Å². The van der Waals surface area contributed by atoms with Crippen molar-refractivity contribution in [3.63, 3.8) is 0 Å². The van der Waals surface area contributed by atoms with Gasteiger partial charge in [-0.15, -0.1) is 0 Å². The summed E-state index contributed by atoms with van der Waals surface area (Å²) in [5, 5.41) is 0. The summed E-state index contributed by atoms with van der Waals surface area (Å²) >= 11 is 0. The summed E-state index contributed by atoms with van der Waals surface area (Å²) in [6.07, 6.45) is 0.746. The molecule has 2 aromatic carbocycles. The van der Waals surface area contributed by atoms with Gasteiger partial charge in [-0.05, 0) is 24.5 Å². The van der Waals surface area contributed by atoms with Crippen molar-refractivity contribution < 1.29 is 9.59 Å². The summed E-state index contributed by atoms with van der Waals surface area (Å²) in [6.45, 7) is 1.52. The van der Waals surface area contributed by atoms with E-state index < -0.39 is 5.92 Å². The number of ketones is 2. The Morgan fingerprint density at radius 3 is 2.35 bits per heavy atom. The number of benzene rings is 2. The van der Waals surface area contributed by atoms with Crippen LogP contribution in [0.25, 0.3) is 0 Å². The highest BCUT2D eigenvalue weighted by Gasteiger charge is 2.38. The summed E-state index contributed by atoms with van der Waals surface area (Å²) in [5.41, 5.74) is 2.82. The van der Waals surface area contributed by atoms with Crippen molar-refractivity contribution in [3.05, 3.63) is 71.3 Å². The molecule has 0 saturated carbocycles. The second kappa shape index (κ2) is 5.04. The van der Waals surface area contributed by atoms with Crippen LogP contribution in [-0.4, -0.2) is 11.6 Å². The Morgan fingerprint density at radius 1 is 1.00 bits per heavy atom. The maximum absolute atomic E-state index is 12.6. The normalized spacial score (nSPS) is 21.4. The van der Waals surface area contributed by atoms with Gasteiger partial charge in [0.15, 0.2) is 5.78 Å². The van der Waals surface area contributed by atoms with E-state index >= 15 is 0 Å².